The van der Waals surface area contributed by atoms with Crippen molar-refractivity contribution in [1.82, 2.24) is 9.80 Å². The molecule has 2 saturated heterocycles. The van der Waals surface area contributed by atoms with Crippen molar-refractivity contribution in [1.29, 1.82) is 0 Å². The van der Waals surface area contributed by atoms with Gasteiger partial charge in [0.05, 0.1) is 0 Å². The van der Waals surface area contributed by atoms with Crippen LogP contribution >= 0.6 is 0 Å². The van der Waals surface area contributed by atoms with Crippen molar-refractivity contribution < 1.29 is 14.7 Å². The summed E-state index contributed by atoms with van der Waals surface area (Å²) in [5, 5.41) is 9.03. The third-order valence-corrected chi connectivity index (χ3v) is 6.24. The third kappa shape index (κ3) is 4.64. The van der Waals surface area contributed by atoms with Gasteiger partial charge in [0, 0.05) is 13.0 Å². The van der Waals surface area contributed by atoms with Crippen LogP contribution in [0.25, 0.3) is 0 Å². The molecule has 0 aromatic heterocycles. The second kappa shape index (κ2) is 8.21. The van der Waals surface area contributed by atoms with Crippen molar-refractivity contribution in [3.63, 3.8) is 0 Å². The van der Waals surface area contributed by atoms with E-state index in [0.717, 1.165) is 45.3 Å². The molecule has 5 heteroatoms. The van der Waals surface area contributed by atoms with E-state index >= 15 is 0 Å². The van der Waals surface area contributed by atoms with E-state index in [9.17, 15) is 9.59 Å². The smallest absolute Gasteiger partial charge is 0.323 e. The van der Waals surface area contributed by atoms with Gasteiger partial charge in [-0.3, -0.25) is 9.59 Å². The van der Waals surface area contributed by atoms with Crippen molar-refractivity contribution >= 4 is 11.9 Å². The molecule has 1 N–H and O–H groups in total. The molecule has 1 spiro atoms. The van der Waals surface area contributed by atoms with Crippen LogP contribution in [0, 0.1) is 5.41 Å². The molecule has 1 aromatic rings. The molecule has 1 aromatic carbocycles. The fourth-order valence-corrected chi connectivity index (χ4v) is 4.39. The molecule has 3 rings (SSSR count). The maximum absolute atomic E-state index is 12.0. The number of hydrogen-bond acceptors (Lipinski definition) is 3. The van der Waals surface area contributed by atoms with Gasteiger partial charge < -0.3 is 14.9 Å². The molecule has 1 atom stereocenters. The van der Waals surface area contributed by atoms with Crippen LogP contribution in [0.2, 0.25) is 0 Å². The van der Waals surface area contributed by atoms with Crippen LogP contribution < -0.4 is 0 Å². The molecule has 26 heavy (non-hydrogen) atoms. The molecule has 2 aliphatic rings. The van der Waals surface area contributed by atoms with E-state index in [1.165, 1.54) is 5.56 Å². The Morgan fingerprint density at radius 1 is 1.19 bits per heavy atom. The zero-order valence-electron chi connectivity index (χ0n) is 15.7. The van der Waals surface area contributed by atoms with E-state index in [2.05, 4.69) is 42.2 Å². The highest BCUT2D eigenvalue weighted by molar-refractivity contribution is 5.82. The van der Waals surface area contributed by atoms with Crippen molar-refractivity contribution in [3.05, 3.63) is 35.9 Å². The van der Waals surface area contributed by atoms with Crippen molar-refractivity contribution in [2.24, 2.45) is 5.41 Å². The number of nitrogens with zero attached hydrogens (tertiary/aromatic N) is 2. The minimum Gasteiger partial charge on any atom is -0.480 e. The van der Waals surface area contributed by atoms with Gasteiger partial charge in [-0.05, 0) is 62.2 Å². The maximum atomic E-state index is 12.0. The number of likely N-dealkylation sites (tertiary alicyclic amines) is 2. The molecule has 0 aliphatic carbocycles. The Bertz CT molecular complexity index is 623. The summed E-state index contributed by atoms with van der Waals surface area (Å²) in [6, 6.07) is 10.7. The molecule has 1 amide bonds. The maximum Gasteiger partial charge on any atom is 0.323 e. The summed E-state index contributed by atoms with van der Waals surface area (Å²) in [6.07, 6.45) is 4.70. The predicted molar refractivity (Wildman–Crippen MR) is 101 cm³/mol. The number of benzene rings is 1. The van der Waals surface area contributed by atoms with Gasteiger partial charge in [0.2, 0.25) is 5.91 Å². The fraction of sp³-hybridized carbons (Fsp3) is 0.619. The Morgan fingerprint density at radius 2 is 1.88 bits per heavy atom. The van der Waals surface area contributed by atoms with Crippen molar-refractivity contribution in [3.8, 4) is 0 Å². The molecule has 0 unspecified atom stereocenters. The lowest BCUT2D eigenvalue weighted by Gasteiger charge is -2.47. The minimum atomic E-state index is -0.914. The zero-order valence-corrected chi connectivity index (χ0v) is 15.7. The first-order valence-electron chi connectivity index (χ1n) is 9.74. The normalized spacial score (nSPS) is 21.7. The quantitative estimate of drug-likeness (QED) is 0.849. The lowest BCUT2D eigenvalue weighted by Crippen LogP contribution is -2.52. The van der Waals surface area contributed by atoms with Gasteiger partial charge in [0.25, 0.3) is 0 Å². The van der Waals surface area contributed by atoms with Crippen molar-refractivity contribution in [2.75, 3.05) is 32.7 Å². The van der Waals surface area contributed by atoms with Crippen LogP contribution in [0.3, 0.4) is 0 Å². The lowest BCUT2D eigenvalue weighted by atomic mass is 9.72. The fourth-order valence-electron chi connectivity index (χ4n) is 4.39. The van der Waals surface area contributed by atoms with Crippen LogP contribution in [0.1, 0.15) is 50.5 Å². The number of rotatable bonds is 6. The zero-order chi connectivity index (χ0) is 18.6. The predicted octanol–water partition coefficient (Wildman–Crippen LogP) is 2.97. The number of amides is 1. The highest BCUT2D eigenvalue weighted by Crippen LogP contribution is 2.40. The van der Waals surface area contributed by atoms with Gasteiger partial charge >= 0.3 is 5.97 Å². The summed E-state index contributed by atoms with van der Waals surface area (Å²) < 4.78 is 0. The number of carboxylic acids is 1. The average molecular weight is 358 g/mol. The minimum absolute atomic E-state index is 0.00265. The van der Waals surface area contributed by atoms with E-state index < -0.39 is 5.97 Å². The van der Waals surface area contributed by atoms with Gasteiger partial charge in [-0.1, -0.05) is 37.3 Å². The summed E-state index contributed by atoms with van der Waals surface area (Å²) in [7, 11) is 0. The molecule has 142 valence electrons. The summed E-state index contributed by atoms with van der Waals surface area (Å²) in [6.45, 7) is 5.96. The first kappa shape index (κ1) is 18.9. The van der Waals surface area contributed by atoms with Gasteiger partial charge in [0.15, 0.2) is 0 Å². The number of aliphatic carboxylic acids is 1. The Balaban J connectivity index is 1.48. The van der Waals surface area contributed by atoms with Crippen LogP contribution in [-0.2, 0) is 9.59 Å². The highest BCUT2D eigenvalue weighted by atomic mass is 16.4. The highest BCUT2D eigenvalue weighted by Gasteiger charge is 2.41. The average Bonchev–Trinajstić information content (AvgIpc) is 2.64. The molecule has 0 bridgehead atoms. The molecule has 5 nitrogen and oxygen atoms in total. The van der Waals surface area contributed by atoms with Gasteiger partial charge in [-0.25, -0.2) is 0 Å². The Morgan fingerprint density at radius 3 is 2.54 bits per heavy atom. The molecule has 2 aliphatic heterocycles. The van der Waals surface area contributed by atoms with Gasteiger partial charge in [-0.2, -0.15) is 0 Å². The monoisotopic (exact) mass is 358 g/mol. The van der Waals surface area contributed by atoms with Crippen LogP contribution in [-0.4, -0.2) is 59.5 Å². The summed E-state index contributed by atoms with van der Waals surface area (Å²) in [5.74, 6) is -0.356. The summed E-state index contributed by atoms with van der Waals surface area (Å²) >= 11 is 0. The number of carbonyl (C=O) groups is 2. The Kier molecular flexibility index (Phi) is 5.97. The summed E-state index contributed by atoms with van der Waals surface area (Å²) in [5.41, 5.74) is 1.53. The van der Waals surface area contributed by atoms with Crippen molar-refractivity contribution in [2.45, 2.75) is 44.9 Å². The van der Waals surface area contributed by atoms with E-state index in [1.807, 2.05) is 0 Å². The Labute approximate surface area is 156 Å². The number of piperidine rings is 2. The number of hydrogen-bond donors (Lipinski definition) is 1. The Hall–Kier alpha value is -1.88. The second-order valence-electron chi connectivity index (χ2n) is 8.09. The van der Waals surface area contributed by atoms with Crippen LogP contribution in [0.15, 0.2) is 30.3 Å². The van der Waals surface area contributed by atoms with E-state index in [1.54, 1.807) is 4.90 Å². The molecule has 2 fully saturated rings. The topological polar surface area (TPSA) is 60.9 Å². The standard InChI is InChI=1S/C21H30N2O3/c1-17(18-5-3-2-4-6-18)8-12-22-13-10-21(11-14-22)9-7-19(24)23(16-21)15-20(25)26/h2-6,17H,7-16H2,1H3,(H,25,26)/t17-/m1/s1. The molecular formula is C21H30N2O3. The lowest BCUT2D eigenvalue weighted by molar-refractivity contribution is -0.149. The first-order chi connectivity index (χ1) is 12.5. The second-order valence-corrected chi connectivity index (χ2v) is 8.09. The molecule has 0 saturated carbocycles. The first-order valence-corrected chi connectivity index (χ1v) is 9.74. The van der Waals surface area contributed by atoms with Crippen LogP contribution in [0.4, 0.5) is 0 Å². The summed E-state index contributed by atoms with van der Waals surface area (Å²) in [4.78, 5) is 27.1. The number of carboxylic acid groups (broad SMARTS) is 1. The third-order valence-electron chi connectivity index (χ3n) is 6.24. The van der Waals surface area contributed by atoms with E-state index in [0.29, 0.717) is 18.9 Å². The van der Waals surface area contributed by atoms with E-state index in [4.69, 9.17) is 5.11 Å². The largest absolute Gasteiger partial charge is 0.480 e. The number of carbonyl (C=O) groups excluding carboxylic acids is 1. The van der Waals surface area contributed by atoms with Gasteiger partial charge in [-0.15, -0.1) is 0 Å². The molecular weight excluding hydrogens is 328 g/mol. The molecule has 2 heterocycles. The van der Waals surface area contributed by atoms with Crippen LogP contribution in [0.5, 0.6) is 0 Å². The van der Waals surface area contributed by atoms with E-state index in [-0.39, 0.29) is 17.9 Å². The van der Waals surface area contributed by atoms with Gasteiger partial charge in [0.1, 0.15) is 6.54 Å². The molecule has 0 radical (unpaired) electrons. The SMILES string of the molecule is C[C@H](CCN1CCC2(CCC(=O)N(CC(=O)O)C2)CC1)c1ccccc1.